The van der Waals surface area contributed by atoms with E-state index in [1.54, 1.807) is 12.1 Å². The quantitative estimate of drug-likeness (QED) is 0.840. The van der Waals surface area contributed by atoms with E-state index >= 15 is 0 Å². The van der Waals surface area contributed by atoms with Crippen LogP contribution in [-0.2, 0) is 11.2 Å². The summed E-state index contributed by atoms with van der Waals surface area (Å²) in [6.07, 6.45) is 2.03. The molecule has 0 fully saturated rings. The second-order valence-electron chi connectivity index (χ2n) is 7.00. The van der Waals surface area contributed by atoms with Gasteiger partial charge in [0.05, 0.1) is 12.2 Å². The molecule has 6 heteroatoms. The number of carbonyl (C=O) groups excluding carboxylic acids is 2. The number of para-hydroxylation sites is 1. The van der Waals surface area contributed by atoms with Crippen LogP contribution < -0.4 is 19.7 Å². The number of ketones is 1. The zero-order valence-corrected chi connectivity index (χ0v) is 15.5. The Balaban J connectivity index is 1.56. The van der Waals surface area contributed by atoms with Crippen molar-refractivity contribution in [1.29, 1.82) is 0 Å². The molecule has 0 bridgehead atoms. The first kappa shape index (κ1) is 17.4. The minimum atomic E-state index is -0.167. The molecule has 1 N–H and O–H groups in total. The van der Waals surface area contributed by atoms with Gasteiger partial charge in [-0.05, 0) is 44.4 Å². The number of hydrogen-bond acceptors (Lipinski definition) is 5. The van der Waals surface area contributed by atoms with E-state index in [4.69, 9.17) is 9.47 Å². The molecule has 4 rings (SSSR count). The largest absolute Gasteiger partial charge is 0.454 e. The number of Topliss-reactive ketones (excluding diaryl/α,β-unsaturated/α-hetero) is 1. The van der Waals surface area contributed by atoms with Gasteiger partial charge < -0.3 is 19.7 Å². The lowest BCUT2D eigenvalue weighted by atomic mass is 9.96. The summed E-state index contributed by atoms with van der Waals surface area (Å²) < 4.78 is 10.7. The number of rotatable bonds is 4. The van der Waals surface area contributed by atoms with Crippen molar-refractivity contribution in [2.75, 3.05) is 23.6 Å². The number of anilines is 2. The minimum Gasteiger partial charge on any atom is -0.454 e. The summed E-state index contributed by atoms with van der Waals surface area (Å²) in [5.74, 6) is 0.754. The molecule has 2 aliphatic heterocycles. The van der Waals surface area contributed by atoms with Gasteiger partial charge in [0.2, 0.25) is 12.7 Å². The van der Waals surface area contributed by atoms with Crippen LogP contribution in [0.4, 0.5) is 11.4 Å². The molecular weight excluding hydrogens is 344 g/mol. The lowest BCUT2D eigenvalue weighted by Gasteiger charge is -2.36. The first-order valence-corrected chi connectivity index (χ1v) is 9.12. The summed E-state index contributed by atoms with van der Waals surface area (Å²) >= 11 is 0. The summed E-state index contributed by atoms with van der Waals surface area (Å²) in [6.45, 7) is 3.94. The van der Waals surface area contributed by atoms with E-state index in [-0.39, 0.29) is 31.1 Å². The Bertz CT molecular complexity index is 909. The van der Waals surface area contributed by atoms with E-state index in [0.717, 1.165) is 18.5 Å². The molecule has 1 amide bonds. The number of amides is 1. The molecule has 0 saturated heterocycles. The molecule has 27 heavy (non-hydrogen) atoms. The number of aryl methyl sites for hydroxylation is 1. The Morgan fingerprint density at radius 1 is 1.19 bits per heavy atom. The van der Waals surface area contributed by atoms with E-state index in [2.05, 4.69) is 29.3 Å². The maximum absolute atomic E-state index is 12.8. The molecule has 1 atom stereocenters. The highest BCUT2D eigenvalue weighted by Gasteiger charge is 2.26. The van der Waals surface area contributed by atoms with E-state index < -0.39 is 0 Å². The van der Waals surface area contributed by atoms with Crippen LogP contribution in [0.15, 0.2) is 36.4 Å². The number of hydrogen-bond donors (Lipinski definition) is 1. The molecule has 2 aliphatic rings. The summed E-state index contributed by atoms with van der Waals surface area (Å²) in [4.78, 5) is 26.9. The molecule has 0 spiro atoms. The number of fused-ring (bicyclic) bond motifs is 2. The van der Waals surface area contributed by atoms with Gasteiger partial charge in [0.1, 0.15) is 0 Å². The molecule has 6 nitrogen and oxygen atoms in total. The summed E-state index contributed by atoms with van der Waals surface area (Å²) in [6, 6.07) is 11.7. The number of benzene rings is 2. The van der Waals surface area contributed by atoms with Crippen LogP contribution in [0.1, 0.15) is 36.2 Å². The van der Waals surface area contributed by atoms with Gasteiger partial charge in [-0.25, -0.2) is 0 Å². The van der Waals surface area contributed by atoms with Crippen molar-refractivity contribution in [3.63, 3.8) is 0 Å². The fourth-order valence-electron chi connectivity index (χ4n) is 3.68. The fourth-order valence-corrected chi connectivity index (χ4v) is 3.68. The smallest absolute Gasteiger partial charge is 0.243 e. The van der Waals surface area contributed by atoms with Crippen molar-refractivity contribution < 1.29 is 19.1 Å². The zero-order chi connectivity index (χ0) is 19.0. The number of nitrogens with one attached hydrogen (secondary N) is 1. The first-order chi connectivity index (χ1) is 13.0. The normalized spacial score (nSPS) is 17.4. The number of ether oxygens (including phenoxy) is 2. The SMILES string of the molecule is CC(=O)c1cc2c(cc1NC(=O)CN1c3ccccc3CC[C@H]1C)OCO2. The second-order valence-corrected chi connectivity index (χ2v) is 7.00. The minimum absolute atomic E-state index is 0.117. The van der Waals surface area contributed by atoms with Crippen LogP contribution in [-0.4, -0.2) is 31.1 Å². The van der Waals surface area contributed by atoms with Gasteiger partial charge >= 0.3 is 0 Å². The second kappa shape index (κ2) is 6.95. The lowest BCUT2D eigenvalue weighted by Crippen LogP contribution is -2.42. The van der Waals surface area contributed by atoms with Crippen LogP contribution in [0.2, 0.25) is 0 Å². The van der Waals surface area contributed by atoms with E-state index in [1.807, 2.05) is 12.1 Å². The highest BCUT2D eigenvalue weighted by Crippen LogP contribution is 2.37. The third-order valence-electron chi connectivity index (χ3n) is 5.14. The van der Waals surface area contributed by atoms with E-state index in [1.165, 1.54) is 12.5 Å². The predicted molar refractivity (Wildman–Crippen MR) is 103 cm³/mol. The van der Waals surface area contributed by atoms with Gasteiger partial charge in [0, 0.05) is 23.4 Å². The number of carbonyl (C=O) groups is 2. The average Bonchev–Trinajstić information content (AvgIpc) is 3.10. The molecule has 2 aromatic carbocycles. The summed E-state index contributed by atoms with van der Waals surface area (Å²) in [5, 5.41) is 2.88. The maximum atomic E-state index is 12.8. The molecule has 0 radical (unpaired) electrons. The van der Waals surface area contributed by atoms with Gasteiger partial charge in [0.25, 0.3) is 0 Å². The van der Waals surface area contributed by atoms with Crippen LogP contribution >= 0.6 is 0 Å². The molecule has 2 heterocycles. The predicted octanol–water partition coefficient (Wildman–Crippen LogP) is 3.40. The van der Waals surface area contributed by atoms with Gasteiger partial charge in [-0.15, -0.1) is 0 Å². The fraction of sp³-hybridized carbons (Fsp3) is 0.333. The average molecular weight is 366 g/mol. The van der Waals surface area contributed by atoms with Crippen LogP contribution in [0.3, 0.4) is 0 Å². The van der Waals surface area contributed by atoms with Gasteiger partial charge in [-0.3, -0.25) is 9.59 Å². The van der Waals surface area contributed by atoms with E-state index in [9.17, 15) is 9.59 Å². The lowest BCUT2D eigenvalue weighted by molar-refractivity contribution is -0.115. The maximum Gasteiger partial charge on any atom is 0.243 e. The summed E-state index contributed by atoms with van der Waals surface area (Å²) in [7, 11) is 0. The van der Waals surface area contributed by atoms with Crippen molar-refractivity contribution in [1.82, 2.24) is 0 Å². The third-order valence-corrected chi connectivity index (χ3v) is 5.14. The Morgan fingerprint density at radius 3 is 2.70 bits per heavy atom. The highest BCUT2D eigenvalue weighted by molar-refractivity contribution is 6.05. The van der Waals surface area contributed by atoms with Gasteiger partial charge in [-0.2, -0.15) is 0 Å². The number of nitrogens with zero attached hydrogens (tertiary/aromatic N) is 1. The summed E-state index contributed by atoms with van der Waals surface area (Å²) in [5.41, 5.74) is 3.23. The monoisotopic (exact) mass is 366 g/mol. The molecule has 0 unspecified atom stereocenters. The standard InChI is InChI=1S/C21H22N2O4/c1-13-7-8-15-5-3-4-6-18(15)23(13)11-21(25)22-17-10-20-19(26-12-27-20)9-16(17)14(2)24/h3-6,9-10,13H,7-8,11-12H2,1-2H3,(H,22,25)/t13-/m1/s1. The van der Waals surface area contributed by atoms with Gasteiger partial charge in [0.15, 0.2) is 17.3 Å². The first-order valence-electron chi connectivity index (χ1n) is 9.12. The Morgan fingerprint density at radius 2 is 1.93 bits per heavy atom. The van der Waals surface area contributed by atoms with Crippen molar-refractivity contribution in [3.05, 3.63) is 47.5 Å². The van der Waals surface area contributed by atoms with Crippen molar-refractivity contribution in [2.45, 2.75) is 32.7 Å². The molecule has 2 aromatic rings. The van der Waals surface area contributed by atoms with Crippen molar-refractivity contribution in [3.8, 4) is 11.5 Å². The molecular formula is C21H22N2O4. The Labute approximate surface area is 158 Å². The van der Waals surface area contributed by atoms with Crippen molar-refractivity contribution >= 4 is 23.1 Å². The Kier molecular flexibility index (Phi) is 4.48. The Hall–Kier alpha value is -3.02. The van der Waals surface area contributed by atoms with Crippen LogP contribution in [0.5, 0.6) is 11.5 Å². The molecule has 0 aliphatic carbocycles. The molecule has 140 valence electrons. The third kappa shape index (κ3) is 3.35. The zero-order valence-electron chi connectivity index (χ0n) is 15.5. The van der Waals surface area contributed by atoms with Crippen LogP contribution in [0, 0.1) is 0 Å². The topological polar surface area (TPSA) is 67.9 Å². The van der Waals surface area contributed by atoms with E-state index in [0.29, 0.717) is 22.7 Å². The van der Waals surface area contributed by atoms with Gasteiger partial charge in [-0.1, -0.05) is 18.2 Å². The molecule has 0 saturated carbocycles. The van der Waals surface area contributed by atoms with Crippen LogP contribution in [0.25, 0.3) is 0 Å². The molecule has 0 aromatic heterocycles. The van der Waals surface area contributed by atoms with Crippen molar-refractivity contribution in [2.24, 2.45) is 0 Å². The highest BCUT2D eigenvalue weighted by atomic mass is 16.7.